The summed E-state index contributed by atoms with van der Waals surface area (Å²) in [5, 5.41) is 0.290. The van der Waals surface area contributed by atoms with Gasteiger partial charge in [0.15, 0.2) is 0 Å². The Hall–Kier alpha value is 0.165. The first-order valence-electron chi connectivity index (χ1n) is 5.65. The Balaban J connectivity index is 1.80. The molecule has 0 aromatic heterocycles. The lowest BCUT2D eigenvalue weighted by Gasteiger charge is -2.32. The summed E-state index contributed by atoms with van der Waals surface area (Å²) in [6.45, 7) is 1.30. The molecule has 1 saturated carbocycles. The molecule has 5 nitrogen and oxygen atoms in total. The number of hydrogen-bond donors (Lipinski definition) is 0. The number of ether oxygens (including phenoxy) is 1. The number of rotatable bonds is 5. The molecular weight excluding hydrogens is 260 g/mol. The first-order valence-corrected chi connectivity index (χ1v) is 8.62. The van der Waals surface area contributed by atoms with Crippen molar-refractivity contribution in [1.29, 1.82) is 0 Å². The first kappa shape index (κ1) is 13.6. The summed E-state index contributed by atoms with van der Waals surface area (Å²) < 4.78 is 21.8. The van der Waals surface area contributed by atoms with Crippen LogP contribution in [0.5, 0.6) is 0 Å². The fourth-order valence-electron chi connectivity index (χ4n) is 1.99. The van der Waals surface area contributed by atoms with Gasteiger partial charge in [0.05, 0.1) is 6.61 Å². The molecule has 94 valence electrons. The van der Waals surface area contributed by atoms with Crippen molar-refractivity contribution in [3.63, 3.8) is 0 Å². The minimum Gasteiger partial charge on any atom is -0.371 e. The van der Waals surface area contributed by atoms with Gasteiger partial charge in [0, 0.05) is 22.9 Å². The van der Waals surface area contributed by atoms with Gasteiger partial charge in [0.2, 0.25) is 0 Å². The summed E-state index contributed by atoms with van der Waals surface area (Å²) >= 11 is 1.62. The van der Waals surface area contributed by atoms with Crippen LogP contribution in [-0.2, 0) is 13.8 Å². The Morgan fingerprint density at radius 1 is 1.59 bits per heavy atom. The van der Waals surface area contributed by atoms with Crippen molar-refractivity contribution < 1.29 is 13.8 Å². The monoisotopic (exact) mass is 275 g/mol. The van der Waals surface area contributed by atoms with Crippen molar-refractivity contribution in [2.24, 2.45) is 10.9 Å². The summed E-state index contributed by atoms with van der Waals surface area (Å²) in [5.74, 6) is 0.623. The molecule has 2 aliphatic rings. The van der Waals surface area contributed by atoms with Gasteiger partial charge in [-0.3, -0.25) is 4.57 Å². The number of nitroso groups, excluding NO2 is 1. The molecule has 0 aromatic rings. The SMILES string of the molecule is [B]C1O[C@H](COP(C)(=O)N=O)S[C@@H]1C1CCC1. The molecule has 0 spiro atoms. The van der Waals surface area contributed by atoms with Crippen LogP contribution in [0, 0.1) is 10.8 Å². The van der Waals surface area contributed by atoms with E-state index in [9.17, 15) is 9.47 Å². The van der Waals surface area contributed by atoms with E-state index in [2.05, 4.69) is 4.95 Å². The molecule has 0 amide bonds. The Labute approximate surface area is 106 Å². The molecule has 2 rings (SSSR count). The zero-order valence-electron chi connectivity index (χ0n) is 9.65. The van der Waals surface area contributed by atoms with Crippen LogP contribution in [0.4, 0.5) is 0 Å². The highest BCUT2D eigenvalue weighted by atomic mass is 32.2. The summed E-state index contributed by atoms with van der Waals surface area (Å²) in [4.78, 5) is 12.7. The van der Waals surface area contributed by atoms with Crippen molar-refractivity contribution in [1.82, 2.24) is 0 Å². The van der Waals surface area contributed by atoms with E-state index in [1.165, 1.54) is 25.9 Å². The molecule has 1 aliphatic heterocycles. The van der Waals surface area contributed by atoms with Crippen LogP contribution in [0.2, 0.25) is 0 Å². The molecule has 4 atom stereocenters. The number of thioether (sulfide) groups is 1. The van der Waals surface area contributed by atoms with E-state index in [1.54, 1.807) is 11.8 Å². The molecule has 1 heterocycles. The Morgan fingerprint density at radius 3 is 2.82 bits per heavy atom. The molecule has 17 heavy (non-hydrogen) atoms. The van der Waals surface area contributed by atoms with Crippen molar-refractivity contribution in [3.05, 3.63) is 4.91 Å². The van der Waals surface area contributed by atoms with Gasteiger partial charge in [-0.1, -0.05) is 6.42 Å². The third-order valence-corrected chi connectivity index (χ3v) is 5.60. The summed E-state index contributed by atoms with van der Waals surface area (Å²) in [6, 6.07) is -0.292. The molecule has 0 N–H and O–H groups in total. The smallest absolute Gasteiger partial charge is 0.349 e. The van der Waals surface area contributed by atoms with Crippen molar-refractivity contribution in [2.45, 2.75) is 36.0 Å². The van der Waals surface area contributed by atoms with Crippen LogP contribution in [0.1, 0.15) is 19.3 Å². The van der Waals surface area contributed by atoms with Crippen LogP contribution in [0.3, 0.4) is 0 Å². The maximum Gasteiger partial charge on any atom is 0.349 e. The Bertz CT molecular complexity index is 341. The van der Waals surface area contributed by atoms with Crippen molar-refractivity contribution in [2.75, 3.05) is 13.3 Å². The Kier molecular flexibility index (Phi) is 4.34. The number of nitrogens with zero attached hydrogens (tertiary/aromatic N) is 1. The van der Waals surface area contributed by atoms with E-state index in [0.717, 1.165) is 0 Å². The Morgan fingerprint density at radius 2 is 2.29 bits per heavy atom. The number of hydrogen-bond acceptors (Lipinski definition) is 5. The molecular formula is C9H15BNO4PS. The van der Waals surface area contributed by atoms with E-state index in [4.69, 9.17) is 17.1 Å². The van der Waals surface area contributed by atoms with Crippen LogP contribution >= 0.6 is 19.3 Å². The maximum absolute atomic E-state index is 11.3. The predicted octanol–water partition coefficient (Wildman–Crippen LogP) is 2.35. The molecule has 0 bridgehead atoms. The van der Waals surface area contributed by atoms with Gasteiger partial charge < -0.3 is 9.26 Å². The van der Waals surface area contributed by atoms with Gasteiger partial charge >= 0.3 is 7.52 Å². The van der Waals surface area contributed by atoms with E-state index < -0.39 is 7.52 Å². The zero-order valence-corrected chi connectivity index (χ0v) is 11.4. The minimum absolute atomic E-state index is 0.0983. The highest BCUT2D eigenvalue weighted by Crippen LogP contribution is 2.47. The standard InChI is InChI=1S/C9H15BNO4PS/c1-16(13,11-12)14-5-7-15-9(10)8(17-7)6-3-2-4-6/h6-9H,2-5H2,1H3/t7-,8+,9?,16?/m0/s1. The van der Waals surface area contributed by atoms with Crippen molar-refractivity contribution >= 4 is 27.1 Å². The molecule has 2 fully saturated rings. The molecule has 1 saturated heterocycles. The second-order valence-electron chi connectivity index (χ2n) is 4.50. The molecule has 8 heteroatoms. The minimum atomic E-state index is -3.35. The van der Waals surface area contributed by atoms with E-state index in [0.29, 0.717) is 5.92 Å². The third-order valence-electron chi connectivity index (χ3n) is 3.15. The normalized spacial score (nSPS) is 37.4. The maximum atomic E-state index is 11.3. The summed E-state index contributed by atoms with van der Waals surface area (Å²) in [6.07, 6.45) is 3.66. The lowest BCUT2D eigenvalue weighted by Crippen LogP contribution is -2.32. The van der Waals surface area contributed by atoms with Gasteiger partial charge in [0.1, 0.15) is 13.3 Å². The molecule has 0 aromatic carbocycles. The summed E-state index contributed by atoms with van der Waals surface area (Å²) in [7, 11) is 2.55. The molecule has 2 radical (unpaired) electrons. The van der Waals surface area contributed by atoms with Gasteiger partial charge in [-0.2, -0.15) is 0 Å². The van der Waals surface area contributed by atoms with Gasteiger partial charge in [-0.25, -0.2) is 0 Å². The second-order valence-corrected chi connectivity index (χ2v) is 7.87. The first-order chi connectivity index (χ1) is 8.02. The van der Waals surface area contributed by atoms with Gasteiger partial charge in [-0.15, -0.1) is 16.7 Å². The summed E-state index contributed by atoms with van der Waals surface area (Å²) in [5.41, 5.74) is -0.245. The van der Waals surface area contributed by atoms with Gasteiger partial charge in [-0.05, 0) is 18.8 Å². The highest BCUT2D eigenvalue weighted by molar-refractivity contribution is 8.00. The average Bonchev–Trinajstić information content (AvgIpc) is 2.55. The molecule has 2 unspecified atom stereocenters. The topological polar surface area (TPSA) is 65.0 Å². The van der Waals surface area contributed by atoms with Crippen LogP contribution in [0.25, 0.3) is 0 Å². The van der Waals surface area contributed by atoms with E-state index in [-0.39, 0.29) is 23.3 Å². The second kappa shape index (κ2) is 5.43. The van der Waals surface area contributed by atoms with Crippen molar-refractivity contribution in [3.8, 4) is 0 Å². The molecule has 1 aliphatic carbocycles. The predicted molar refractivity (Wildman–Crippen MR) is 68.4 cm³/mol. The van der Waals surface area contributed by atoms with Crippen LogP contribution in [-0.4, -0.2) is 37.8 Å². The average molecular weight is 275 g/mol. The fraction of sp³-hybridized carbons (Fsp3) is 1.00. The third kappa shape index (κ3) is 3.34. The highest BCUT2D eigenvalue weighted by Gasteiger charge is 2.40. The lowest BCUT2D eigenvalue weighted by molar-refractivity contribution is 0.0619. The largest absolute Gasteiger partial charge is 0.371 e. The van der Waals surface area contributed by atoms with E-state index in [1.807, 2.05) is 0 Å². The quantitative estimate of drug-likeness (QED) is 0.437. The van der Waals surface area contributed by atoms with Crippen LogP contribution in [0.15, 0.2) is 4.95 Å². The fourth-order valence-corrected chi connectivity index (χ4v) is 3.95. The lowest BCUT2D eigenvalue weighted by atomic mass is 9.77. The zero-order chi connectivity index (χ0) is 12.5. The van der Waals surface area contributed by atoms with E-state index >= 15 is 0 Å². The van der Waals surface area contributed by atoms with Gasteiger partial charge in [0.25, 0.3) is 0 Å². The van der Waals surface area contributed by atoms with Crippen LogP contribution < -0.4 is 0 Å².